The minimum atomic E-state index is -0.289. The lowest BCUT2D eigenvalue weighted by atomic mass is 10.2. The van der Waals surface area contributed by atoms with E-state index >= 15 is 0 Å². The lowest BCUT2D eigenvalue weighted by Crippen LogP contribution is -2.15. The number of aliphatic hydroxyl groups is 1. The van der Waals surface area contributed by atoms with Crippen molar-refractivity contribution in [2.75, 3.05) is 20.6 Å². The van der Waals surface area contributed by atoms with Crippen molar-refractivity contribution >= 4 is 11.3 Å². The highest BCUT2D eigenvalue weighted by atomic mass is 32.1. The van der Waals surface area contributed by atoms with E-state index in [1.54, 1.807) is 11.3 Å². The molecule has 1 rings (SSSR count). The molecule has 1 aromatic heterocycles. The van der Waals surface area contributed by atoms with Gasteiger partial charge in [-0.3, -0.25) is 0 Å². The van der Waals surface area contributed by atoms with Crippen LogP contribution >= 0.6 is 11.3 Å². The summed E-state index contributed by atoms with van der Waals surface area (Å²) in [5.41, 5.74) is 0. The number of aliphatic hydroxyl groups excluding tert-OH is 1. The van der Waals surface area contributed by atoms with Gasteiger partial charge in [0.2, 0.25) is 0 Å². The Hall–Kier alpha value is -0.380. The normalized spacial score (nSPS) is 13.5. The zero-order valence-electron chi connectivity index (χ0n) is 9.16. The monoisotopic (exact) mass is 213 g/mol. The second-order valence-electron chi connectivity index (χ2n) is 3.77. The van der Waals surface area contributed by atoms with Crippen LogP contribution < -0.4 is 0 Å². The second-order valence-corrected chi connectivity index (χ2v) is 4.97. The maximum absolute atomic E-state index is 9.86. The van der Waals surface area contributed by atoms with Gasteiger partial charge in [-0.05, 0) is 39.1 Å². The molecular formula is C11H19NOS. The van der Waals surface area contributed by atoms with Crippen molar-refractivity contribution in [3.63, 3.8) is 0 Å². The molecule has 0 amide bonds. The van der Waals surface area contributed by atoms with Gasteiger partial charge >= 0.3 is 0 Å². The van der Waals surface area contributed by atoms with Crippen LogP contribution in [-0.4, -0.2) is 30.6 Å². The van der Waals surface area contributed by atoms with Crippen molar-refractivity contribution in [3.05, 3.63) is 21.9 Å². The summed E-state index contributed by atoms with van der Waals surface area (Å²) in [6.45, 7) is 3.07. The number of thiophene rings is 1. The highest BCUT2D eigenvalue weighted by Crippen LogP contribution is 2.25. The van der Waals surface area contributed by atoms with E-state index < -0.39 is 0 Å². The zero-order valence-corrected chi connectivity index (χ0v) is 9.97. The summed E-state index contributed by atoms with van der Waals surface area (Å²) in [6.07, 6.45) is 1.59. The molecule has 0 spiro atoms. The molecule has 0 aromatic carbocycles. The van der Waals surface area contributed by atoms with Gasteiger partial charge in [0.15, 0.2) is 0 Å². The predicted molar refractivity (Wildman–Crippen MR) is 61.8 cm³/mol. The van der Waals surface area contributed by atoms with E-state index in [0.717, 1.165) is 24.3 Å². The van der Waals surface area contributed by atoms with E-state index in [0.29, 0.717) is 0 Å². The van der Waals surface area contributed by atoms with Gasteiger partial charge in [0.1, 0.15) is 0 Å². The van der Waals surface area contributed by atoms with Crippen molar-refractivity contribution in [2.45, 2.75) is 25.9 Å². The number of nitrogens with zero attached hydrogens (tertiary/aromatic N) is 1. The predicted octanol–water partition coefficient (Wildman–Crippen LogP) is 2.30. The maximum Gasteiger partial charge on any atom is 0.0894 e. The van der Waals surface area contributed by atoms with Gasteiger partial charge in [-0.25, -0.2) is 0 Å². The second kappa shape index (κ2) is 5.49. The average molecular weight is 213 g/mol. The molecule has 0 aliphatic rings. The van der Waals surface area contributed by atoms with Crippen LogP contribution in [0.25, 0.3) is 0 Å². The smallest absolute Gasteiger partial charge is 0.0894 e. The molecule has 0 saturated carbocycles. The van der Waals surface area contributed by atoms with Crippen molar-refractivity contribution in [1.82, 2.24) is 4.90 Å². The van der Waals surface area contributed by atoms with Crippen LogP contribution in [0.2, 0.25) is 0 Å². The van der Waals surface area contributed by atoms with Crippen LogP contribution in [0, 0.1) is 0 Å². The molecule has 1 heterocycles. The Morgan fingerprint density at radius 3 is 2.64 bits per heavy atom. The molecule has 1 aromatic rings. The molecule has 14 heavy (non-hydrogen) atoms. The van der Waals surface area contributed by atoms with Crippen molar-refractivity contribution in [3.8, 4) is 0 Å². The van der Waals surface area contributed by atoms with Gasteiger partial charge in [-0.2, -0.15) is 0 Å². The SMILES string of the molecule is CCc1ccc(C(O)CCN(C)C)s1. The lowest BCUT2D eigenvalue weighted by molar-refractivity contribution is 0.158. The molecule has 1 N–H and O–H groups in total. The van der Waals surface area contributed by atoms with E-state index in [1.165, 1.54) is 4.88 Å². The Bertz CT molecular complexity index is 270. The fourth-order valence-corrected chi connectivity index (χ4v) is 2.26. The summed E-state index contributed by atoms with van der Waals surface area (Å²) < 4.78 is 0. The van der Waals surface area contributed by atoms with Crippen molar-refractivity contribution in [1.29, 1.82) is 0 Å². The molecule has 3 heteroatoms. The Kier molecular flexibility index (Phi) is 4.58. The van der Waals surface area contributed by atoms with E-state index in [1.807, 2.05) is 20.2 Å². The van der Waals surface area contributed by atoms with Crippen LogP contribution in [0.4, 0.5) is 0 Å². The van der Waals surface area contributed by atoms with E-state index in [4.69, 9.17) is 0 Å². The quantitative estimate of drug-likeness (QED) is 0.811. The van der Waals surface area contributed by atoms with Gasteiger partial charge in [-0.15, -0.1) is 11.3 Å². The lowest BCUT2D eigenvalue weighted by Gasteiger charge is -2.12. The molecule has 0 aliphatic heterocycles. The third-order valence-electron chi connectivity index (χ3n) is 2.21. The molecule has 1 atom stereocenters. The molecule has 0 bridgehead atoms. The summed E-state index contributed by atoms with van der Waals surface area (Å²) in [5.74, 6) is 0. The Balaban J connectivity index is 2.47. The van der Waals surface area contributed by atoms with Gasteiger partial charge in [0, 0.05) is 16.3 Å². The Morgan fingerprint density at radius 2 is 2.14 bits per heavy atom. The van der Waals surface area contributed by atoms with Gasteiger partial charge in [0.25, 0.3) is 0 Å². The number of hydrogen-bond acceptors (Lipinski definition) is 3. The molecule has 1 unspecified atom stereocenters. The van der Waals surface area contributed by atoms with E-state index in [2.05, 4.69) is 17.9 Å². The molecule has 0 aliphatic carbocycles. The van der Waals surface area contributed by atoms with Crippen molar-refractivity contribution < 1.29 is 5.11 Å². The Labute approximate surface area is 90.2 Å². The molecular weight excluding hydrogens is 194 g/mol. The summed E-state index contributed by atoms with van der Waals surface area (Å²) in [4.78, 5) is 4.55. The molecule has 2 nitrogen and oxygen atoms in total. The Morgan fingerprint density at radius 1 is 1.43 bits per heavy atom. The first-order valence-electron chi connectivity index (χ1n) is 5.05. The summed E-state index contributed by atoms with van der Waals surface area (Å²) in [6, 6.07) is 4.16. The number of hydrogen-bond donors (Lipinski definition) is 1. The summed E-state index contributed by atoms with van der Waals surface area (Å²) >= 11 is 1.72. The van der Waals surface area contributed by atoms with Crippen molar-refractivity contribution in [2.24, 2.45) is 0 Å². The minimum absolute atomic E-state index is 0.289. The summed E-state index contributed by atoms with van der Waals surface area (Å²) in [7, 11) is 4.05. The van der Waals surface area contributed by atoms with Crippen LogP contribution in [-0.2, 0) is 6.42 Å². The van der Waals surface area contributed by atoms with Gasteiger partial charge < -0.3 is 10.0 Å². The van der Waals surface area contributed by atoms with E-state index in [9.17, 15) is 5.11 Å². The van der Waals surface area contributed by atoms with Crippen LogP contribution in [0.5, 0.6) is 0 Å². The number of rotatable bonds is 5. The van der Waals surface area contributed by atoms with Gasteiger partial charge in [0.05, 0.1) is 6.10 Å². The van der Waals surface area contributed by atoms with Crippen LogP contribution in [0.1, 0.15) is 29.2 Å². The first-order valence-corrected chi connectivity index (χ1v) is 5.86. The highest BCUT2D eigenvalue weighted by Gasteiger charge is 2.09. The first-order chi connectivity index (χ1) is 6.63. The standard InChI is InChI=1S/C11H19NOS/c1-4-9-5-6-11(14-9)10(13)7-8-12(2)3/h5-6,10,13H,4,7-8H2,1-3H3. The molecule has 80 valence electrons. The van der Waals surface area contributed by atoms with Gasteiger partial charge in [-0.1, -0.05) is 6.92 Å². The minimum Gasteiger partial charge on any atom is -0.388 e. The first kappa shape index (κ1) is 11.7. The summed E-state index contributed by atoms with van der Waals surface area (Å²) in [5, 5.41) is 9.86. The number of aryl methyl sites for hydroxylation is 1. The fourth-order valence-electron chi connectivity index (χ4n) is 1.29. The third kappa shape index (κ3) is 3.40. The van der Waals surface area contributed by atoms with E-state index in [-0.39, 0.29) is 6.10 Å². The highest BCUT2D eigenvalue weighted by molar-refractivity contribution is 7.12. The third-order valence-corrected chi connectivity index (χ3v) is 3.54. The largest absolute Gasteiger partial charge is 0.388 e. The van der Waals surface area contributed by atoms with Crippen LogP contribution in [0.15, 0.2) is 12.1 Å². The molecule has 0 radical (unpaired) electrons. The molecule has 0 fully saturated rings. The topological polar surface area (TPSA) is 23.5 Å². The molecule has 0 saturated heterocycles. The van der Waals surface area contributed by atoms with Crippen LogP contribution in [0.3, 0.4) is 0 Å². The zero-order chi connectivity index (χ0) is 10.6. The fraction of sp³-hybridized carbons (Fsp3) is 0.636. The average Bonchev–Trinajstić information content (AvgIpc) is 2.62. The maximum atomic E-state index is 9.86.